The molecule has 3 heterocycles. The van der Waals surface area contributed by atoms with E-state index >= 15 is 0 Å². The third-order valence-electron chi connectivity index (χ3n) is 8.19. The molecule has 0 atom stereocenters. The standard InChI is InChI=1S/C34H36N4O3/c1-41-32-12-6-4-10-29(32)25-13-15-26(16-14-25)34(40)38-24-28-17-18-31(37(28)23-27-9-3-5-11-30(27)38)33(39)35-19-22-36-20-7-2-8-21-36/h3-6,9-18H,2,7-8,19-24H2,1H3,(H,35,39). The lowest BCUT2D eigenvalue weighted by molar-refractivity contribution is 0.0937. The predicted molar refractivity (Wildman–Crippen MR) is 162 cm³/mol. The van der Waals surface area contributed by atoms with Crippen LogP contribution in [0.1, 0.15) is 51.4 Å². The Morgan fingerprint density at radius 3 is 2.39 bits per heavy atom. The highest BCUT2D eigenvalue weighted by Crippen LogP contribution is 2.32. The van der Waals surface area contributed by atoms with Crippen LogP contribution in [0.4, 0.5) is 5.69 Å². The minimum absolute atomic E-state index is 0.0718. The molecule has 1 fully saturated rings. The number of carbonyl (C=O) groups excluding carboxylic acids is 2. The molecule has 210 valence electrons. The van der Waals surface area contributed by atoms with Gasteiger partial charge in [0.15, 0.2) is 0 Å². The van der Waals surface area contributed by atoms with Gasteiger partial charge in [0.25, 0.3) is 11.8 Å². The average Bonchev–Trinajstić information content (AvgIpc) is 3.34. The molecular formula is C34H36N4O3. The van der Waals surface area contributed by atoms with Crippen LogP contribution in [-0.2, 0) is 13.1 Å². The summed E-state index contributed by atoms with van der Waals surface area (Å²) in [5.41, 5.74) is 6.00. The first-order valence-electron chi connectivity index (χ1n) is 14.4. The minimum Gasteiger partial charge on any atom is -0.496 e. The second-order valence-electron chi connectivity index (χ2n) is 10.8. The number of aromatic nitrogens is 1. The van der Waals surface area contributed by atoms with Gasteiger partial charge in [-0.2, -0.15) is 0 Å². The van der Waals surface area contributed by atoms with E-state index in [1.807, 2.05) is 94.4 Å². The Bertz CT molecular complexity index is 1540. The summed E-state index contributed by atoms with van der Waals surface area (Å²) in [5.74, 6) is 0.642. The summed E-state index contributed by atoms with van der Waals surface area (Å²) in [6, 6.07) is 27.3. The van der Waals surface area contributed by atoms with E-state index < -0.39 is 0 Å². The molecular weight excluding hydrogens is 512 g/mol. The summed E-state index contributed by atoms with van der Waals surface area (Å²) in [7, 11) is 1.66. The molecule has 7 heteroatoms. The Morgan fingerprint density at radius 1 is 0.829 bits per heavy atom. The first-order chi connectivity index (χ1) is 20.1. The Hall–Kier alpha value is -4.36. The lowest BCUT2D eigenvalue weighted by atomic mass is 10.0. The maximum absolute atomic E-state index is 13.9. The fourth-order valence-corrected chi connectivity index (χ4v) is 5.97. The van der Waals surface area contributed by atoms with Gasteiger partial charge in [-0.15, -0.1) is 0 Å². The van der Waals surface area contributed by atoms with Crippen molar-refractivity contribution in [2.75, 3.05) is 38.2 Å². The van der Waals surface area contributed by atoms with Gasteiger partial charge in [-0.05, 0) is 73.5 Å². The van der Waals surface area contributed by atoms with E-state index in [1.165, 1.54) is 19.3 Å². The van der Waals surface area contributed by atoms with Crippen LogP contribution in [0, 0.1) is 0 Å². The molecule has 1 saturated heterocycles. The molecule has 2 aliphatic heterocycles. The van der Waals surface area contributed by atoms with Crippen LogP contribution in [-0.4, -0.2) is 54.6 Å². The average molecular weight is 549 g/mol. The van der Waals surface area contributed by atoms with E-state index in [1.54, 1.807) is 7.11 Å². The number of nitrogens with one attached hydrogen (secondary N) is 1. The molecule has 6 rings (SSSR count). The monoisotopic (exact) mass is 548 g/mol. The molecule has 0 bridgehead atoms. The Kier molecular flexibility index (Phi) is 7.87. The van der Waals surface area contributed by atoms with Gasteiger partial charge in [0.05, 0.1) is 20.2 Å². The number of hydrogen-bond acceptors (Lipinski definition) is 4. The van der Waals surface area contributed by atoms with Gasteiger partial charge < -0.3 is 24.4 Å². The molecule has 4 aromatic rings. The van der Waals surface area contributed by atoms with Gasteiger partial charge in [0.2, 0.25) is 0 Å². The normalized spacial score (nSPS) is 15.0. The number of fused-ring (bicyclic) bond motifs is 2. The number of carbonyl (C=O) groups is 2. The number of piperidine rings is 1. The van der Waals surface area contributed by atoms with Crippen molar-refractivity contribution in [2.45, 2.75) is 32.4 Å². The molecule has 1 aromatic heterocycles. The number of amides is 2. The highest BCUT2D eigenvalue weighted by molar-refractivity contribution is 6.07. The summed E-state index contributed by atoms with van der Waals surface area (Å²) >= 11 is 0. The third-order valence-corrected chi connectivity index (χ3v) is 8.19. The van der Waals surface area contributed by atoms with Gasteiger partial charge in [-0.3, -0.25) is 9.59 Å². The lowest BCUT2D eigenvalue weighted by Gasteiger charge is -2.26. The largest absolute Gasteiger partial charge is 0.496 e. The van der Waals surface area contributed by atoms with Gasteiger partial charge in [0.1, 0.15) is 11.4 Å². The van der Waals surface area contributed by atoms with Gasteiger partial charge in [0, 0.05) is 35.6 Å². The second kappa shape index (κ2) is 12.0. The number of ether oxygens (including phenoxy) is 1. The minimum atomic E-state index is -0.0776. The topological polar surface area (TPSA) is 66.8 Å². The van der Waals surface area contributed by atoms with Crippen molar-refractivity contribution in [1.82, 2.24) is 14.8 Å². The fraction of sp³-hybridized carbons (Fsp3) is 0.294. The van der Waals surface area contributed by atoms with Crippen molar-refractivity contribution in [1.29, 1.82) is 0 Å². The maximum Gasteiger partial charge on any atom is 0.267 e. The Labute approximate surface area is 241 Å². The van der Waals surface area contributed by atoms with Crippen LogP contribution in [0.5, 0.6) is 5.75 Å². The zero-order chi connectivity index (χ0) is 28.2. The Morgan fingerprint density at radius 2 is 1.59 bits per heavy atom. The van der Waals surface area contributed by atoms with Crippen molar-refractivity contribution in [3.05, 3.63) is 107 Å². The van der Waals surface area contributed by atoms with Crippen molar-refractivity contribution in [3.63, 3.8) is 0 Å². The summed E-state index contributed by atoms with van der Waals surface area (Å²) in [5, 5.41) is 3.12. The number of anilines is 1. The summed E-state index contributed by atoms with van der Waals surface area (Å²) in [4.78, 5) is 31.4. The first kappa shape index (κ1) is 26.8. The summed E-state index contributed by atoms with van der Waals surface area (Å²) in [6.07, 6.45) is 3.77. The molecule has 0 unspecified atom stereocenters. The van der Waals surface area contributed by atoms with E-state index in [9.17, 15) is 9.59 Å². The van der Waals surface area contributed by atoms with Gasteiger partial charge in [-0.1, -0.05) is 55.0 Å². The van der Waals surface area contributed by atoms with Gasteiger partial charge >= 0.3 is 0 Å². The zero-order valence-electron chi connectivity index (χ0n) is 23.5. The van der Waals surface area contributed by atoms with Crippen LogP contribution >= 0.6 is 0 Å². The SMILES string of the molecule is COc1ccccc1-c1ccc(C(=O)N2Cc3ccc(C(=O)NCCN4CCCCC4)n3Cc3ccccc32)cc1. The zero-order valence-corrected chi connectivity index (χ0v) is 23.5. The van der Waals surface area contributed by atoms with E-state index in [0.717, 1.165) is 53.5 Å². The summed E-state index contributed by atoms with van der Waals surface area (Å²) < 4.78 is 7.57. The second-order valence-corrected chi connectivity index (χ2v) is 10.8. The van der Waals surface area contributed by atoms with Crippen LogP contribution in [0.3, 0.4) is 0 Å². The molecule has 3 aromatic carbocycles. The van der Waals surface area contributed by atoms with Crippen LogP contribution in [0.25, 0.3) is 11.1 Å². The predicted octanol–water partition coefficient (Wildman–Crippen LogP) is 5.59. The van der Waals surface area contributed by atoms with Crippen LogP contribution < -0.4 is 15.0 Å². The maximum atomic E-state index is 13.9. The van der Waals surface area contributed by atoms with Crippen molar-refractivity contribution in [3.8, 4) is 16.9 Å². The quantitative estimate of drug-likeness (QED) is 0.327. The number of benzene rings is 3. The molecule has 0 radical (unpaired) electrons. The number of likely N-dealkylation sites (tertiary alicyclic amines) is 1. The molecule has 41 heavy (non-hydrogen) atoms. The highest BCUT2D eigenvalue weighted by Gasteiger charge is 2.27. The number of nitrogens with zero attached hydrogens (tertiary/aromatic N) is 3. The lowest BCUT2D eigenvalue weighted by Crippen LogP contribution is -2.38. The first-order valence-corrected chi connectivity index (χ1v) is 14.4. The van der Waals surface area contributed by atoms with E-state index in [2.05, 4.69) is 10.2 Å². The van der Waals surface area contributed by atoms with E-state index in [4.69, 9.17) is 4.74 Å². The number of rotatable bonds is 7. The highest BCUT2D eigenvalue weighted by atomic mass is 16.5. The Balaban J connectivity index is 1.22. The molecule has 0 saturated carbocycles. The van der Waals surface area contributed by atoms with Crippen molar-refractivity contribution < 1.29 is 14.3 Å². The molecule has 0 spiro atoms. The molecule has 2 amide bonds. The molecule has 7 nitrogen and oxygen atoms in total. The number of para-hydroxylation sites is 2. The summed E-state index contributed by atoms with van der Waals surface area (Å²) in [6.45, 7) is 4.64. The van der Waals surface area contributed by atoms with E-state index in [0.29, 0.717) is 30.9 Å². The van der Waals surface area contributed by atoms with Crippen LogP contribution in [0.2, 0.25) is 0 Å². The van der Waals surface area contributed by atoms with Crippen molar-refractivity contribution >= 4 is 17.5 Å². The van der Waals surface area contributed by atoms with Crippen molar-refractivity contribution in [2.24, 2.45) is 0 Å². The molecule has 0 aliphatic carbocycles. The number of hydrogen-bond donors (Lipinski definition) is 1. The molecule has 2 aliphatic rings. The molecule has 1 N–H and O–H groups in total. The van der Waals surface area contributed by atoms with E-state index in [-0.39, 0.29) is 11.8 Å². The van der Waals surface area contributed by atoms with Crippen LogP contribution in [0.15, 0.2) is 84.9 Å². The number of methoxy groups -OCH3 is 1. The third kappa shape index (κ3) is 5.63. The fourth-order valence-electron chi connectivity index (χ4n) is 5.97. The van der Waals surface area contributed by atoms with Gasteiger partial charge in [-0.25, -0.2) is 0 Å². The smallest absolute Gasteiger partial charge is 0.267 e.